The summed E-state index contributed by atoms with van der Waals surface area (Å²) in [7, 11) is 0. The van der Waals surface area contributed by atoms with Crippen molar-refractivity contribution in [1.82, 2.24) is 5.32 Å². The van der Waals surface area contributed by atoms with Gasteiger partial charge >= 0.3 is 0 Å². The van der Waals surface area contributed by atoms with Crippen LogP contribution in [0.3, 0.4) is 0 Å². The molecule has 4 heteroatoms. The molecule has 1 atom stereocenters. The zero-order valence-corrected chi connectivity index (χ0v) is 15.0. The van der Waals surface area contributed by atoms with Crippen molar-refractivity contribution in [2.45, 2.75) is 17.9 Å². The van der Waals surface area contributed by atoms with Crippen LogP contribution in [0.5, 0.6) is 5.75 Å². The molecule has 0 radical (unpaired) electrons. The molecule has 3 aromatic rings. The lowest BCUT2D eigenvalue weighted by molar-refractivity contribution is -0.127. The van der Waals surface area contributed by atoms with Gasteiger partial charge < -0.3 is 10.1 Å². The first-order chi connectivity index (χ1) is 12.2. The minimum absolute atomic E-state index is 0.0955. The molecule has 3 aromatic carbocycles. The van der Waals surface area contributed by atoms with E-state index in [1.54, 1.807) is 18.7 Å². The molecule has 128 valence electrons. The molecule has 1 unspecified atom stereocenters. The second kappa shape index (κ2) is 8.58. The van der Waals surface area contributed by atoms with Crippen LogP contribution in [0.1, 0.15) is 6.92 Å². The third-order valence-electron chi connectivity index (χ3n) is 3.82. The topological polar surface area (TPSA) is 38.3 Å². The summed E-state index contributed by atoms with van der Waals surface area (Å²) in [6.07, 6.45) is -0.525. The lowest BCUT2D eigenvalue weighted by Gasteiger charge is -2.15. The Labute approximate surface area is 152 Å². The van der Waals surface area contributed by atoms with E-state index in [-0.39, 0.29) is 5.91 Å². The van der Waals surface area contributed by atoms with E-state index in [4.69, 9.17) is 4.74 Å². The Morgan fingerprint density at radius 3 is 2.52 bits per heavy atom. The lowest BCUT2D eigenvalue weighted by Crippen LogP contribution is -2.37. The van der Waals surface area contributed by atoms with Gasteiger partial charge in [-0.3, -0.25) is 4.79 Å². The highest BCUT2D eigenvalue weighted by atomic mass is 32.2. The summed E-state index contributed by atoms with van der Waals surface area (Å²) in [5.74, 6) is 1.44. The summed E-state index contributed by atoms with van der Waals surface area (Å²) in [6, 6.07) is 24.1. The number of thioether (sulfide) groups is 1. The minimum atomic E-state index is -0.525. The fourth-order valence-electron chi connectivity index (χ4n) is 2.50. The lowest BCUT2D eigenvalue weighted by atomic mass is 10.1. The fourth-order valence-corrected chi connectivity index (χ4v) is 3.29. The van der Waals surface area contributed by atoms with Gasteiger partial charge in [0.15, 0.2) is 6.10 Å². The molecule has 1 amide bonds. The largest absolute Gasteiger partial charge is 0.481 e. The van der Waals surface area contributed by atoms with Crippen LogP contribution in [0.15, 0.2) is 77.7 Å². The Morgan fingerprint density at radius 2 is 1.72 bits per heavy atom. The Hall–Kier alpha value is -2.46. The predicted octanol–water partition coefficient (Wildman–Crippen LogP) is 4.52. The van der Waals surface area contributed by atoms with E-state index >= 15 is 0 Å². The van der Waals surface area contributed by atoms with Crippen molar-refractivity contribution in [2.75, 3.05) is 12.3 Å². The number of rotatable bonds is 7. The molecule has 1 N–H and O–H groups in total. The molecule has 25 heavy (non-hydrogen) atoms. The van der Waals surface area contributed by atoms with Gasteiger partial charge in [-0.25, -0.2) is 0 Å². The number of hydrogen-bond donors (Lipinski definition) is 1. The summed E-state index contributed by atoms with van der Waals surface area (Å²) < 4.78 is 5.78. The highest BCUT2D eigenvalue weighted by Gasteiger charge is 2.14. The zero-order valence-electron chi connectivity index (χ0n) is 14.1. The fraction of sp³-hybridized carbons (Fsp3) is 0.190. The number of ether oxygens (including phenoxy) is 1. The zero-order chi connectivity index (χ0) is 17.5. The summed E-state index contributed by atoms with van der Waals surface area (Å²) in [5.41, 5.74) is 0. The molecular formula is C21H21NO2S. The second-order valence-electron chi connectivity index (χ2n) is 5.72. The number of fused-ring (bicyclic) bond motifs is 1. The molecule has 0 saturated heterocycles. The maximum absolute atomic E-state index is 12.2. The van der Waals surface area contributed by atoms with Crippen molar-refractivity contribution in [3.05, 3.63) is 72.8 Å². The highest BCUT2D eigenvalue weighted by Crippen LogP contribution is 2.21. The van der Waals surface area contributed by atoms with Crippen LogP contribution in [-0.2, 0) is 4.79 Å². The van der Waals surface area contributed by atoms with E-state index in [2.05, 4.69) is 23.5 Å². The quantitative estimate of drug-likeness (QED) is 0.502. The van der Waals surface area contributed by atoms with Crippen LogP contribution < -0.4 is 10.1 Å². The molecule has 0 saturated carbocycles. The number of hydrogen-bond acceptors (Lipinski definition) is 3. The maximum Gasteiger partial charge on any atom is 0.260 e. The van der Waals surface area contributed by atoms with Crippen molar-refractivity contribution in [3.8, 4) is 5.75 Å². The van der Waals surface area contributed by atoms with Crippen molar-refractivity contribution >= 4 is 28.4 Å². The van der Waals surface area contributed by atoms with Crippen molar-refractivity contribution < 1.29 is 9.53 Å². The summed E-state index contributed by atoms with van der Waals surface area (Å²) in [6.45, 7) is 2.39. The predicted molar refractivity (Wildman–Crippen MR) is 104 cm³/mol. The molecular weight excluding hydrogens is 330 g/mol. The minimum Gasteiger partial charge on any atom is -0.481 e. The van der Waals surface area contributed by atoms with Gasteiger partial charge in [0.2, 0.25) is 0 Å². The Bertz CT molecular complexity index is 835. The standard InChI is InChI=1S/C21H21NO2S/c1-16(21(23)22-13-14-25-20-9-3-2-4-10-20)24-19-12-11-17-7-5-6-8-18(17)15-19/h2-12,15-16H,13-14H2,1H3,(H,22,23). The Balaban J connectivity index is 1.46. The van der Waals surface area contributed by atoms with Crippen molar-refractivity contribution in [2.24, 2.45) is 0 Å². The average Bonchev–Trinajstić information content (AvgIpc) is 2.65. The number of carbonyl (C=O) groups excluding carboxylic acids is 1. The number of nitrogens with one attached hydrogen (secondary N) is 1. The van der Waals surface area contributed by atoms with Gasteiger partial charge in [-0.2, -0.15) is 0 Å². The van der Waals surface area contributed by atoms with Gasteiger partial charge in [-0.15, -0.1) is 11.8 Å². The van der Waals surface area contributed by atoms with E-state index in [1.807, 2.05) is 54.6 Å². The molecule has 0 bridgehead atoms. The summed E-state index contributed by atoms with van der Waals surface area (Å²) in [5, 5.41) is 5.19. The number of amides is 1. The first kappa shape index (κ1) is 17.4. The van der Waals surface area contributed by atoms with Crippen LogP contribution in [-0.4, -0.2) is 24.3 Å². The Kier molecular flexibility index (Phi) is 5.96. The Morgan fingerprint density at radius 1 is 1.00 bits per heavy atom. The van der Waals surface area contributed by atoms with Crippen LogP contribution in [0, 0.1) is 0 Å². The third-order valence-corrected chi connectivity index (χ3v) is 4.83. The van der Waals surface area contributed by atoms with E-state index in [0.717, 1.165) is 16.5 Å². The smallest absolute Gasteiger partial charge is 0.260 e. The van der Waals surface area contributed by atoms with E-state index in [1.165, 1.54) is 4.90 Å². The summed E-state index contributed by atoms with van der Waals surface area (Å²) >= 11 is 1.72. The second-order valence-corrected chi connectivity index (χ2v) is 6.89. The summed E-state index contributed by atoms with van der Waals surface area (Å²) in [4.78, 5) is 13.4. The van der Waals surface area contributed by atoms with Gasteiger partial charge in [0.1, 0.15) is 5.75 Å². The van der Waals surface area contributed by atoms with Gasteiger partial charge in [0, 0.05) is 17.2 Å². The average molecular weight is 351 g/mol. The maximum atomic E-state index is 12.2. The van der Waals surface area contributed by atoms with E-state index in [0.29, 0.717) is 12.3 Å². The SMILES string of the molecule is CC(Oc1ccc2ccccc2c1)C(=O)NCCSc1ccccc1. The monoisotopic (exact) mass is 351 g/mol. The van der Waals surface area contributed by atoms with Crippen molar-refractivity contribution in [3.63, 3.8) is 0 Å². The third kappa shape index (κ3) is 5.00. The molecule has 3 nitrogen and oxygen atoms in total. The molecule has 3 rings (SSSR count). The molecule has 0 heterocycles. The molecule has 0 aliphatic carbocycles. The van der Waals surface area contributed by atoms with Gasteiger partial charge in [-0.05, 0) is 42.0 Å². The highest BCUT2D eigenvalue weighted by molar-refractivity contribution is 7.99. The molecule has 0 aliphatic rings. The van der Waals surface area contributed by atoms with Crippen LogP contribution >= 0.6 is 11.8 Å². The molecule has 0 spiro atoms. The molecule has 0 aromatic heterocycles. The van der Waals surface area contributed by atoms with E-state index in [9.17, 15) is 4.79 Å². The first-order valence-corrected chi connectivity index (χ1v) is 9.32. The molecule has 0 aliphatic heterocycles. The normalized spacial score (nSPS) is 11.9. The first-order valence-electron chi connectivity index (χ1n) is 8.33. The van der Waals surface area contributed by atoms with Crippen LogP contribution in [0.2, 0.25) is 0 Å². The van der Waals surface area contributed by atoms with Gasteiger partial charge in [0.25, 0.3) is 5.91 Å². The van der Waals surface area contributed by atoms with Crippen LogP contribution in [0.25, 0.3) is 10.8 Å². The van der Waals surface area contributed by atoms with Gasteiger partial charge in [0.05, 0.1) is 0 Å². The van der Waals surface area contributed by atoms with Crippen LogP contribution in [0.4, 0.5) is 0 Å². The number of benzene rings is 3. The molecule has 0 fully saturated rings. The number of carbonyl (C=O) groups is 1. The van der Waals surface area contributed by atoms with Crippen molar-refractivity contribution in [1.29, 1.82) is 0 Å². The van der Waals surface area contributed by atoms with E-state index < -0.39 is 6.10 Å². The van der Waals surface area contributed by atoms with Gasteiger partial charge in [-0.1, -0.05) is 48.5 Å².